The van der Waals surface area contributed by atoms with E-state index in [1.54, 1.807) is 4.31 Å². The largest absolute Gasteiger partial charge is 0.369 e. The Bertz CT molecular complexity index is 859. The van der Waals surface area contributed by atoms with E-state index in [1.165, 1.54) is 6.92 Å². The lowest BCUT2D eigenvalue weighted by Crippen LogP contribution is -2.49. The molecule has 1 aliphatic heterocycles. The van der Waals surface area contributed by atoms with E-state index >= 15 is 0 Å². The molecule has 1 fully saturated rings. The number of benzene rings is 2. The summed E-state index contributed by atoms with van der Waals surface area (Å²) in [5, 5.41) is 2.74. The number of nitrogens with zero attached hydrogens (tertiary/aromatic N) is 2. The Morgan fingerprint density at radius 3 is 2.19 bits per heavy atom. The summed E-state index contributed by atoms with van der Waals surface area (Å²) >= 11 is 0. The van der Waals surface area contributed by atoms with Crippen molar-refractivity contribution in [1.82, 2.24) is 4.31 Å². The van der Waals surface area contributed by atoms with Gasteiger partial charge in [0.1, 0.15) is 0 Å². The fourth-order valence-corrected chi connectivity index (χ4v) is 4.68. The minimum Gasteiger partial charge on any atom is -0.369 e. The number of sulfonamides is 1. The minimum absolute atomic E-state index is 0.0999. The second-order valence-corrected chi connectivity index (χ2v) is 8.75. The van der Waals surface area contributed by atoms with Crippen molar-refractivity contribution in [3.05, 3.63) is 60.2 Å². The number of piperazine rings is 1. The molecule has 0 radical (unpaired) electrons. The number of rotatable bonds is 6. The maximum absolute atomic E-state index is 12.6. The van der Waals surface area contributed by atoms with Gasteiger partial charge in [0, 0.05) is 44.5 Å². The van der Waals surface area contributed by atoms with Crippen LogP contribution in [0.25, 0.3) is 0 Å². The van der Waals surface area contributed by atoms with Crippen molar-refractivity contribution in [2.45, 2.75) is 13.3 Å². The SMILES string of the molecule is CC(=O)Nc1ccc(N2CCN(S(=O)(=O)CCc3ccccc3)CC2)cc1. The Morgan fingerprint density at radius 1 is 0.963 bits per heavy atom. The minimum atomic E-state index is -3.25. The quantitative estimate of drug-likeness (QED) is 0.826. The molecule has 1 aliphatic rings. The highest BCUT2D eigenvalue weighted by Gasteiger charge is 2.26. The molecule has 0 saturated carbocycles. The van der Waals surface area contributed by atoms with E-state index in [0.29, 0.717) is 32.6 Å². The fraction of sp³-hybridized carbons (Fsp3) is 0.350. The molecule has 1 amide bonds. The summed E-state index contributed by atoms with van der Waals surface area (Å²) in [7, 11) is -3.25. The van der Waals surface area contributed by atoms with Crippen LogP contribution in [-0.2, 0) is 21.2 Å². The predicted octanol–water partition coefficient (Wildman–Crippen LogP) is 2.34. The normalized spacial score (nSPS) is 15.5. The van der Waals surface area contributed by atoms with Crippen LogP contribution in [0.1, 0.15) is 12.5 Å². The monoisotopic (exact) mass is 387 g/mol. The Hall–Kier alpha value is -2.38. The second-order valence-electron chi connectivity index (χ2n) is 6.67. The number of hydrogen-bond donors (Lipinski definition) is 1. The summed E-state index contributed by atoms with van der Waals surface area (Å²) in [4.78, 5) is 13.3. The Labute approximate surface area is 160 Å². The summed E-state index contributed by atoms with van der Waals surface area (Å²) in [6, 6.07) is 17.3. The van der Waals surface area contributed by atoms with Crippen molar-refractivity contribution in [1.29, 1.82) is 0 Å². The van der Waals surface area contributed by atoms with Gasteiger partial charge in [0.05, 0.1) is 5.75 Å². The van der Waals surface area contributed by atoms with Gasteiger partial charge in [-0.05, 0) is 36.2 Å². The molecule has 0 aromatic heterocycles. The van der Waals surface area contributed by atoms with E-state index in [2.05, 4.69) is 10.2 Å². The van der Waals surface area contributed by atoms with Gasteiger partial charge in [0.15, 0.2) is 0 Å². The zero-order chi connectivity index (χ0) is 19.3. The first-order valence-electron chi connectivity index (χ1n) is 9.08. The summed E-state index contributed by atoms with van der Waals surface area (Å²) in [5.41, 5.74) is 2.83. The molecular weight excluding hydrogens is 362 g/mol. The molecule has 7 heteroatoms. The molecule has 0 spiro atoms. The molecule has 0 aliphatic carbocycles. The van der Waals surface area contributed by atoms with Crippen LogP contribution >= 0.6 is 0 Å². The summed E-state index contributed by atoms with van der Waals surface area (Å²) in [6.07, 6.45) is 0.536. The maximum Gasteiger partial charge on any atom is 0.221 e. The van der Waals surface area contributed by atoms with Crippen molar-refractivity contribution in [2.75, 3.05) is 42.1 Å². The maximum atomic E-state index is 12.6. The van der Waals surface area contributed by atoms with Crippen LogP contribution in [0.15, 0.2) is 54.6 Å². The molecule has 27 heavy (non-hydrogen) atoms. The zero-order valence-corrected chi connectivity index (χ0v) is 16.3. The number of carbonyl (C=O) groups excluding carboxylic acids is 1. The molecule has 3 rings (SSSR count). The number of carbonyl (C=O) groups is 1. The number of nitrogens with one attached hydrogen (secondary N) is 1. The van der Waals surface area contributed by atoms with Crippen LogP contribution < -0.4 is 10.2 Å². The summed E-state index contributed by atoms with van der Waals surface area (Å²) < 4.78 is 26.8. The molecule has 2 aromatic carbocycles. The van der Waals surface area contributed by atoms with Gasteiger partial charge in [-0.25, -0.2) is 8.42 Å². The first-order chi connectivity index (χ1) is 12.9. The molecule has 1 N–H and O–H groups in total. The van der Waals surface area contributed by atoms with Gasteiger partial charge < -0.3 is 10.2 Å². The second kappa shape index (κ2) is 8.54. The van der Waals surface area contributed by atoms with Crippen molar-refractivity contribution < 1.29 is 13.2 Å². The topological polar surface area (TPSA) is 69.7 Å². The smallest absolute Gasteiger partial charge is 0.221 e. The van der Waals surface area contributed by atoms with E-state index in [-0.39, 0.29) is 11.7 Å². The average Bonchev–Trinajstić information content (AvgIpc) is 2.68. The van der Waals surface area contributed by atoms with Gasteiger partial charge in [0.25, 0.3) is 0 Å². The third-order valence-electron chi connectivity index (χ3n) is 4.68. The summed E-state index contributed by atoms with van der Waals surface area (Å²) in [5.74, 6) is 0.0414. The molecule has 0 bridgehead atoms. The van der Waals surface area contributed by atoms with E-state index < -0.39 is 10.0 Å². The third kappa shape index (κ3) is 5.30. The van der Waals surface area contributed by atoms with Gasteiger partial charge in [-0.3, -0.25) is 4.79 Å². The first-order valence-corrected chi connectivity index (χ1v) is 10.7. The van der Waals surface area contributed by atoms with Crippen LogP contribution in [0.4, 0.5) is 11.4 Å². The van der Waals surface area contributed by atoms with Gasteiger partial charge >= 0.3 is 0 Å². The number of aryl methyl sites for hydroxylation is 1. The van der Waals surface area contributed by atoms with E-state index in [9.17, 15) is 13.2 Å². The average molecular weight is 388 g/mol. The van der Waals surface area contributed by atoms with Gasteiger partial charge in [-0.15, -0.1) is 0 Å². The van der Waals surface area contributed by atoms with E-state index in [4.69, 9.17) is 0 Å². The van der Waals surface area contributed by atoms with Crippen molar-refractivity contribution >= 4 is 27.3 Å². The van der Waals surface area contributed by atoms with Crippen LogP contribution in [0.5, 0.6) is 0 Å². The van der Waals surface area contributed by atoms with Gasteiger partial charge in [-0.2, -0.15) is 4.31 Å². The molecule has 0 atom stereocenters. The molecule has 2 aromatic rings. The van der Waals surface area contributed by atoms with Crippen LogP contribution in [-0.4, -0.2) is 50.6 Å². The standard InChI is InChI=1S/C20H25N3O3S/c1-17(24)21-19-7-9-20(10-8-19)22-12-14-23(15-13-22)27(25,26)16-11-18-5-3-2-4-6-18/h2-10H,11-16H2,1H3,(H,21,24). The Balaban J connectivity index is 1.54. The molecule has 1 heterocycles. The molecular formula is C20H25N3O3S. The van der Waals surface area contributed by atoms with E-state index in [1.807, 2.05) is 54.6 Å². The van der Waals surface area contributed by atoms with Crippen molar-refractivity contribution in [3.63, 3.8) is 0 Å². The number of anilines is 2. The van der Waals surface area contributed by atoms with E-state index in [0.717, 1.165) is 16.9 Å². The lowest BCUT2D eigenvalue weighted by atomic mass is 10.2. The van der Waals surface area contributed by atoms with Crippen LogP contribution in [0.2, 0.25) is 0 Å². The highest BCUT2D eigenvalue weighted by atomic mass is 32.2. The zero-order valence-electron chi connectivity index (χ0n) is 15.5. The first kappa shape index (κ1) is 19.4. The van der Waals surface area contributed by atoms with Crippen LogP contribution in [0, 0.1) is 0 Å². The van der Waals surface area contributed by atoms with Gasteiger partial charge in [-0.1, -0.05) is 30.3 Å². The predicted molar refractivity (Wildman–Crippen MR) is 108 cm³/mol. The van der Waals surface area contributed by atoms with Gasteiger partial charge in [0.2, 0.25) is 15.9 Å². The summed E-state index contributed by atoms with van der Waals surface area (Å²) in [6.45, 7) is 3.77. The fourth-order valence-electron chi connectivity index (χ4n) is 3.20. The lowest BCUT2D eigenvalue weighted by Gasteiger charge is -2.35. The Morgan fingerprint density at radius 2 is 1.59 bits per heavy atom. The Kier molecular flexibility index (Phi) is 6.13. The van der Waals surface area contributed by atoms with Crippen molar-refractivity contribution in [2.24, 2.45) is 0 Å². The number of amides is 1. The number of hydrogen-bond acceptors (Lipinski definition) is 4. The highest BCUT2D eigenvalue weighted by Crippen LogP contribution is 2.20. The molecule has 0 unspecified atom stereocenters. The lowest BCUT2D eigenvalue weighted by molar-refractivity contribution is -0.114. The highest BCUT2D eigenvalue weighted by molar-refractivity contribution is 7.89. The molecule has 144 valence electrons. The molecule has 1 saturated heterocycles. The third-order valence-corrected chi connectivity index (χ3v) is 6.55. The van der Waals surface area contributed by atoms with Crippen LogP contribution in [0.3, 0.4) is 0 Å². The molecule has 6 nitrogen and oxygen atoms in total. The van der Waals surface area contributed by atoms with Crippen molar-refractivity contribution in [3.8, 4) is 0 Å².